The monoisotopic (exact) mass is 445 g/mol. The van der Waals surface area contributed by atoms with Gasteiger partial charge in [0.15, 0.2) is 17.3 Å². The van der Waals surface area contributed by atoms with E-state index in [4.69, 9.17) is 9.47 Å². The quantitative estimate of drug-likeness (QED) is 0.265. The van der Waals surface area contributed by atoms with Crippen LogP contribution >= 0.6 is 11.8 Å². The zero-order chi connectivity index (χ0) is 22.2. The van der Waals surface area contributed by atoms with Gasteiger partial charge in [0.2, 0.25) is 5.91 Å². The number of hydrogen-bond donors (Lipinski definition) is 2. The lowest BCUT2D eigenvalue weighted by molar-refractivity contribution is -0.141. The molecule has 0 unspecified atom stereocenters. The van der Waals surface area contributed by atoms with E-state index in [-0.39, 0.29) is 17.2 Å². The van der Waals surface area contributed by atoms with Gasteiger partial charge in [-0.05, 0) is 32.9 Å². The second-order valence-electron chi connectivity index (χ2n) is 6.77. The van der Waals surface area contributed by atoms with Gasteiger partial charge in [-0.1, -0.05) is 23.9 Å². The third-order valence-electron chi connectivity index (χ3n) is 4.43. The summed E-state index contributed by atoms with van der Waals surface area (Å²) < 4.78 is 12.8. The van der Waals surface area contributed by atoms with E-state index in [0.29, 0.717) is 48.1 Å². The molecule has 0 aliphatic heterocycles. The van der Waals surface area contributed by atoms with E-state index in [2.05, 4.69) is 20.5 Å². The standard InChI is InChI=1S/C21H27N5O4S/c1-4-29-19(30-5-2)10-11-26-20(28)15-8-6-7-9-16(15)22-21(26)31-13-18(27)23-17-12-14(3)24-25-17/h6-9,12,19H,4-5,10-11,13H2,1-3H3,(H2,23,24,25,27). The van der Waals surface area contributed by atoms with Crippen molar-refractivity contribution in [2.75, 3.05) is 24.3 Å². The van der Waals surface area contributed by atoms with Crippen LogP contribution in [0.1, 0.15) is 26.0 Å². The number of thioether (sulfide) groups is 1. The number of carbonyl (C=O) groups excluding carboxylic acids is 1. The van der Waals surface area contributed by atoms with E-state index < -0.39 is 6.29 Å². The number of para-hydroxylation sites is 1. The van der Waals surface area contributed by atoms with Crippen molar-refractivity contribution in [3.63, 3.8) is 0 Å². The number of ether oxygens (including phenoxy) is 2. The highest BCUT2D eigenvalue weighted by molar-refractivity contribution is 7.99. The summed E-state index contributed by atoms with van der Waals surface area (Å²) in [5, 5.41) is 10.5. The smallest absolute Gasteiger partial charge is 0.262 e. The number of aromatic amines is 1. The second-order valence-corrected chi connectivity index (χ2v) is 7.71. The van der Waals surface area contributed by atoms with Crippen molar-refractivity contribution in [1.82, 2.24) is 19.7 Å². The summed E-state index contributed by atoms with van der Waals surface area (Å²) in [5.74, 6) is 0.326. The zero-order valence-electron chi connectivity index (χ0n) is 17.9. The van der Waals surface area contributed by atoms with Gasteiger partial charge in [0, 0.05) is 37.9 Å². The lowest BCUT2D eigenvalue weighted by atomic mass is 10.2. The molecule has 2 N–H and O–H groups in total. The fraction of sp³-hybridized carbons (Fsp3) is 0.429. The first-order chi connectivity index (χ1) is 15.0. The lowest BCUT2D eigenvalue weighted by Crippen LogP contribution is -2.27. The van der Waals surface area contributed by atoms with Crippen molar-refractivity contribution in [3.05, 3.63) is 46.4 Å². The molecule has 2 heterocycles. The first kappa shape index (κ1) is 23.0. The number of nitrogens with one attached hydrogen (secondary N) is 2. The Morgan fingerprint density at radius 3 is 2.68 bits per heavy atom. The molecule has 0 spiro atoms. The molecule has 0 fully saturated rings. The third kappa shape index (κ3) is 6.16. The summed E-state index contributed by atoms with van der Waals surface area (Å²) >= 11 is 1.21. The van der Waals surface area contributed by atoms with E-state index >= 15 is 0 Å². The molecule has 9 nitrogen and oxygen atoms in total. The Bertz CT molecular complexity index is 1080. The largest absolute Gasteiger partial charge is 0.353 e. The normalized spacial score (nSPS) is 11.4. The Kier molecular flexibility index (Phi) is 8.21. The molecular weight excluding hydrogens is 418 g/mol. The molecule has 2 aromatic heterocycles. The molecule has 1 aromatic carbocycles. The van der Waals surface area contributed by atoms with Crippen molar-refractivity contribution in [3.8, 4) is 0 Å². The van der Waals surface area contributed by atoms with Crippen LogP contribution in [-0.2, 0) is 20.8 Å². The minimum Gasteiger partial charge on any atom is -0.353 e. The molecule has 0 saturated heterocycles. The van der Waals surface area contributed by atoms with Gasteiger partial charge in [-0.25, -0.2) is 4.98 Å². The number of amides is 1. The van der Waals surface area contributed by atoms with Gasteiger partial charge < -0.3 is 14.8 Å². The number of benzene rings is 1. The Morgan fingerprint density at radius 1 is 1.26 bits per heavy atom. The van der Waals surface area contributed by atoms with E-state index in [1.165, 1.54) is 11.8 Å². The summed E-state index contributed by atoms with van der Waals surface area (Å²) in [7, 11) is 0. The van der Waals surface area contributed by atoms with Gasteiger partial charge in [-0.15, -0.1) is 0 Å². The van der Waals surface area contributed by atoms with Crippen LogP contribution in [0.25, 0.3) is 10.9 Å². The van der Waals surface area contributed by atoms with Crippen LogP contribution in [0.5, 0.6) is 0 Å². The van der Waals surface area contributed by atoms with Crippen molar-refractivity contribution in [2.45, 2.75) is 45.2 Å². The number of carbonyl (C=O) groups is 1. The minimum atomic E-state index is -0.405. The molecule has 0 aliphatic carbocycles. The van der Waals surface area contributed by atoms with Crippen molar-refractivity contribution >= 4 is 34.4 Å². The lowest BCUT2D eigenvalue weighted by Gasteiger charge is -2.19. The summed E-state index contributed by atoms with van der Waals surface area (Å²) in [5.41, 5.74) is 1.30. The van der Waals surface area contributed by atoms with E-state index in [1.54, 1.807) is 22.8 Å². The van der Waals surface area contributed by atoms with Crippen LogP contribution in [0, 0.1) is 6.92 Å². The number of hydrogen-bond acceptors (Lipinski definition) is 7. The van der Waals surface area contributed by atoms with Crippen LogP contribution in [0.4, 0.5) is 5.82 Å². The zero-order valence-corrected chi connectivity index (χ0v) is 18.7. The van der Waals surface area contributed by atoms with Gasteiger partial charge in [0.1, 0.15) is 0 Å². The van der Waals surface area contributed by atoms with Crippen LogP contribution in [0.15, 0.2) is 40.3 Å². The SMILES string of the molecule is CCOC(CCn1c(SCC(=O)Nc2cc(C)[nH]n2)nc2ccccc2c1=O)OCC. The molecule has 3 aromatic rings. The van der Waals surface area contributed by atoms with E-state index in [0.717, 1.165) is 5.69 Å². The van der Waals surface area contributed by atoms with Gasteiger partial charge in [0.25, 0.3) is 5.56 Å². The van der Waals surface area contributed by atoms with Crippen LogP contribution in [0.2, 0.25) is 0 Å². The number of aromatic nitrogens is 4. The fourth-order valence-corrected chi connectivity index (χ4v) is 3.89. The molecule has 0 aliphatic rings. The highest BCUT2D eigenvalue weighted by atomic mass is 32.2. The van der Waals surface area contributed by atoms with Crippen molar-refractivity contribution in [2.24, 2.45) is 0 Å². The van der Waals surface area contributed by atoms with E-state index in [1.807, 2.05) is 32.9 Å². The highest BCUT2D eigenvalue weighted by Crippen LogP contribution is 2.19. The number of rotatable bonds is 11. The molecule has 0 saturated carbocycles. The molecule has 1 amide bonds. The molecule has 0 bridgehead atoms. The Morgan fingerprint density at radius 2 is 2.00 bits per heavy atom. The number of aryl methyl sites for hydroxylation is 1. The molecular formula is C21H27N5O4S. The Labute approximate surface area is 184 Å². The minimum absolute atomic E-state index is 0.0943. The number of H-pyrrole nitrogens is 1. The number of nitrogens with zero attached hydrogens (tertiary/aromatic N) is 3. The average Bonchev–Trinajstić information content (AvgIpc) is 3.16. The van der Waals surface area contributed by atoms with Gasteiger partial charge >= 0.3 is 0 Å². The molecule has 0 atom stereocenters. The Balaban J connectivity index is 1.79. The summed E-state index contributed by atoms with van der Waals surface area (Å²) in [6.45, 7) is 7.05. The second kappa shape index (κ2) is 11.1. The molecule has 0 radical (unpaired) electrons. The third-order valence-corrected chi connectivity index (χ3v) is 5.40. The summed E-state index contributed by atoms with van der Waals surface area (Å²) in [4.78, 5) is 30.1. The molecule has 3 rings (SSSR count). The van der Waals surface area contributed by atoms with Crippen LogP contribution in [-0.4, -0.2) is 50.9 Å². The van der Waals surface area contributed by atoms with Gasteiger partial charge in [-0.2, -0.15) is 5.10 Å². The number of fused-ring (bicyclic) bond motifs is 1. The van der Waals surface area contributed by atoms with E-state index in [9.17, 15) is 9.59 Å². The number of anilines is 1. The topological polar surface area (TPSA) is 111 Å². The molecule has 166 valence electrons. The maximum Gasteiger partial charge on any atom is 0.262 e. The summed E-state index contributed by atoms with van der Waals surface area (Å²) in [6, 6.07) is 8.94. The summed E-state index contributed by atoms with van der Waals surface area (Å²) in [6.07, 6.45) is 0.0888. The van der Waals surface area contributed by atoms with Crippen LogP contribution in [0.3, 0.4) is 0 Å². The fourth-order valence-electron chi connectivity index (χ4n) is 3.07. The van der Waals surface area contributed by atoms with Gasteiger partial charge in [-0.3, -0.25) is 19.3 Å². The van der Waals surface area contributed by atoms with Gasteiger partial charge in [0.05, 0.1) is 16.7 Å². The predicted molar refractivity (Wildman–Crippen MR) is 120 cm³/mol. The van der Waals surface area contributed by atoms with Crippen LogP contribution < -0.4 is 10.9 Å². The maximum absolute atomic E-state index is 13.1. The maximum atomic E-state index is 13.1. The first-order valence-electron chi connectivity index (χ1n) is 10.2. The van der Waals surface area contributed by atoms with Crippen molar-refractivity contribution in [1.29, 1.82) is 0 Å². The molecule has 10 heteroatoms. The average molecular weight is 446 g/mol. The Hall–Kier alpha value is -2.69. The molecule has 31 heavy (non-hydrogen) atoms. The van der Waals surface area contributed by atoms with Crippen molar-refractivity contribution < 1.29 is 14.3 Å². The highest BCUT2D eigenvalue weighted by Gasteiger charge is 2.16. The predicted octanol–water partition coefficient (Wildman–Crippen LogP) is 2.95. The first-order valence-corrected chi connectivity index (χ1v) is 11.2.